The second-order valence-corrected chi connectivity index (χ2v) is 8.19. The highest BCUT2D eigenvalue weighted by Gasteiger charge is 2.34. The Hall–Kier alpha value is -1.89. The van der Waals surface area contributed by atoms with Crippen LogP contribution in [0.15, 0.2) is 24.3 Å². The van der Waals surface area contributed by atoms with Gasteiger partial charge in [0.25, 0.3) is 5.91 Å². The molecule has 1 amide bonds. The second kappa shape index (κ2) is 8.00. The number of benzene rings is 1. The molecule has 27 heavy (non-hydrogen) atoms. The van der Waals surface area contributed by atoms with Gasteiger partial charge in [-0.2, -0.15) is 13.2 Å². The molecule has 2 aromatic rings. The van der Waals surface area contributed by atoms with E-state index in [0.29, 0.717) is 29.0 Å². The van der Waals surface area contributed by atoms with Crippen molar-refractivity contribution < 1.29 is 18.0 Å². The highest BCUT2D eigenvalue weighted by atomic mass is 32.1. The van der Waals surface area contributed by atoms with E-state index in [9.17, 15) is 18.0 Å². The van der Waals surface area contributed by atoms with Crippen LogP contribution in [-0.2, 0) is 6.18 Å². The van der Waals surface area contributed by atoms with E-state index in [-0.39, 0.29) is 16.5 Å². The number of hydrogen-bond acceptors (Lipinski definition) is 3. The molecule has 146 valence electrons. The fraction of sp³-hybridized carbons (Fsp3) is 0.500. The van der Waals surface area contributed by atoms with Crippen molar-refractivity contribution in [1.29, 1.82) is 0 Å². The largest absolute Gasteiger partial charge is 0.417 e. The molecule has 2 atom stereocenters. The molecule has 1 heterocycles. The van der Waals surface area contributed by atoms with E-state index in [2.05, 4.69) is 17.2 Å². The number of alkyl halides is 3. The van der Waals surface area contributed by atoms with Crippen molar-refractivity contribution in [3.63, 3.8) is 0 Å². The highest BCUT2D eigenvalue weighted by Crippen LogP contribution is 2.39. The first kappa shape index (κ1) is 19.9. The summed E-state index contributed by atoms with van der Waals surface area (Å²) in [5, 5.41) is 3.12. The SMILES string of the molecule is Cc1nc(-c2ccccc2C(F)(F)F)sc1C(=O)NCCC1CCCC1C. The van der Waals surface area contributed by atoms with Crippen LogP contribution in [0.25, 0.3) is 10.6 Å². The lowest BCUT2D eigenvalue weighted by Crippen LogP contribution is -2.26. The molecule has 2 unspecified atom stereocenters. The maximum absolute atomic E-state index is 13.2. The van der Waals surface area contributed by atoms with Gasteiger partial charge >= 0.3 is 6.18 Å². The third-order valence-corrected chi connectivity index (χ3v) is 6.49. The zero-order chi connectivity index (χ0) is 19.6. The predicted molar refractivity (Wildman–Crippen MR) is 101 cm³/mol. The molecule has 1 aromatic heterocycles. The predicted octanol–water partition coefficient (Wildman–Crippen LogP) is 5.69. The van der Waals surface area contributed by atoms with Crippen LogP contribution in [-0.4, -0.2) is 17.4 Å². The average molecular weight is 396 g/mol. The van der Waals surface area contributed by atoms with Gasteiger partial charge in [0.1, 0.15) is 9.88 Å². The van der Waals surface area contributed by atoms with Crippen molar-refractivity contribution in [2.45, 2.75) is 45.7 Å². The third kappa shape index (κ3) is 4.51. The Bertz CT molecular complexity index is 816. The van der Waals surface area contributed by atoms with E-state index < -0.39 is 11.7 Å². The van der Waals surface area contributed by atoms with Gasteiger partial charge in [-0.05, 0) is 31.2 Å². The minimum absolute atomic E-state index is 0.0110. The summed E-state index contributed by atoms with van der Waals surface area (Å²) in [5.41, 5.74) is -0.267. The molecule has 1 aromatic carbocycles. The topological polar surface area (TPSA) is 42.0 Å². The van der Waals surface area contributed by atoms with Gasteiger partial charge < -0.3 is 5.32 Å². The summed E-state index contributed by atoms with van der Waals surface area (Å²) in [4.78, 5) is 17.1. The van der Waals surface area contributed by atoms with E-state index in [4.69, 9.17) is 0 Å². The number of nitrogens with zero attached hydrogens (tertiary/aromatic N) is 1. The molecule has 0 aliphatic heterocycles. The summed E-state index contributed by atoms with van der Waals surface area (Å²) in [5.74, 6) is 1.07. The average Bonchev–Trinajstić information content (AvgIpc) is 3.20. The van der Waals surface area contributed by atoms with Gasteiger partial charge in [0.2, 0.25) is 0 Å². The molecule has 3 rings (SSSR count). The lowest BCUT2D eigenvalue weighted by Gasteiger charge is -2.15. The molecule has 1 aliphatic carbocycles. The normalized spacial score (nSPS) is 20.0. The Kier molecular flexibility index (Phi) is 5.89. The van der Waals surface area contributed by atoms with Gasteiger partial charge in [0.05, 0.1) is 11.3 Å². The van der Waals surface area contributed by atoms with Crippen molar-refractivity contribution in [2.24, 2.45) is 11.8 Å². The zero-order valence-electron chi connectivity index (χ0n) is 15.4. The molecule has 0 radical (unpaired) electrons. The van der Waals surface area contributed by atoms with Gasteiger partial charge in [-0.1, -0.05) is 44.4 Å². The van der Waals surface area contributed by atoms with Crippen LogP contribution in [0.2, 0.25) is 0 Å². The molecule has 1 saturated carbocycles. The summed E-state index contributed by atoms with van der Waals surface area (Å²) < 4.78 is 39.7. The number of aromatic nitrogens is 1. The molecule has 0 saturated heterocycles. The van der Waals surface area contributed by atoms with E-state index in [1.807, 2.05) is 0 Å². The van der Waals surface area contributed by atoms with E-state index in [0.717, 1.165) is 23.8 Å². The quantitative estimate of drug-likeness (QED) is 0.705. The van der Waals surface area contributed by atoms with E-state index >= 15 is 0 Å². The Morgan fingerprint density at radius 1 is 1.30 bits per heavy atom. The van der Waals surface area contributed by atoms with E-state index in [1.165, 1.54) is 31.4 Å². The van der Waals surface area contributed by atoms with Crippen LogP contribution in [0.3, 0.4) is 0 Å². The highest BCUT2D eigenvalue weighted by molar-refractivity contribution is 7.17. The maximum Gasteiger partial charge on any atom is 0.417 e. The Labute approximate surface area is 161 Å². The number of carbonyl (C=O) groups excluding carboxylic acids is 1. The van der Waals surface area contributed by atoms with Gasteiger partial charge in [-0.15, -0.1) is 11.3 Å². The fourth-order valence-corrected chi connectivity index (χ4v) is 4.76. The Balaban J connectivity index is 1.72. The minimum atomic E-state index is -4.46. The number of hydrogen-bond donors (Lipinski definition) is 1. The lowest BCUT2D eigenvalue weighted by molar-refractivity contribution is -0.137. The van der Waals surface area contributed by atoms with Gasteiger partial charge in [0, 0.05) is 12.1 Å². The Morgan fingerprint density at radius 3 is 2.70 bits per heavy atom. The van der Waals surface area contributed by atoms with Crippen LogP contribution in [0.5, 0.6) is 0 Å². The van der Waals surface area contributed by atoms with Crippen LogP contribution in [0.1, 0.15) is 53.5 Å². The number of amides is 1. The molecule has 0 spiro atoms. The molecular weight excluding hydrogens is 373 g/mol. The molecule has 7 heteroatoms. The van der Waals surface area contributed by atoms with Gasteiger partial charge in [0.15, 0.2) is 0 Å². The molecule has 1 N–H and O–H groups in total. The standard InChI is InChI=1S/C20H23F3N2OS/c1-12-6-5-7-14(12)10-11-24-18(26)17-13(2)25-19(27-17)15-8-3-4-9-16(15)20(21,22)23/h3-4,8-9,12,14H,5-7,10-11H2,1-2H3,(H,24,26). The van der Waals surface area contributed by atoms with Crippen LogP contribution < -0.4 is 5.32 Å². The van der Waals surface area contributed by atoms with Crippen molar-refractivity contribution >= 4 is 17.2 Å². The Morgan fingerprint density at radius 2 is 2.04 bits per heavy atom. The molecule has 0 bridgehead atoms. The first-order valence-electron chi connectivity index (χ1n) is 9.19. The van der Waals surface area contributed by atoms with Crippen LogP contribution in [0, 0.1) is 18.8 Å². The third-order valence-electron chi connectivity index (χ3n) is 5.31. The maximum atomic E-state index is 13.2. The summed E-state index contributed by atoms with van der Waals surface area (Å²) >= 11 is 1.01. The fourth-order valence-electron chi connectivity index (χ4n) is 3.74. The number of aryl methyl sites for hydroxylation is 1. The van der Waals surface area contributed by atoms with E-state index in [1.54, 1.807) is 13.0 Å². The monoisotopic (exact) mass is 396 g/mol. The number of rotatable bonds is 5. The summed E-state index contributed by atoms with van der Waals surface area (Å²) in [6.07, 6.45) is 0.171. The van der Waals surface area contributed by atoms with Crippen molar-refractivity contribution in [3.8, 4) is 10.6 Å². The van der Waals surface area contributed by atoms with Crippen molar-refractivity contribution in [2.75, 3.05) is 6.54 Å². The number of halogens is 3. The minimum Gasteiger partial charge on any atom is -0.351 e. The zero-order valence-corrected chi connectivity index (χ0v) is 16.2. The molecule has 1 aliphatic rings. The summed E-state index contributed by atoms with van der Waals surface area (Å²) in [6.45, 7) is 4.49. The second-order valence-electron chi connectivity index (χ2n) is 7.19. The smallest absolute Gasteiger partial charge is 0.351 e. The number of thiazole rings is 1. The van der Waals surface area contributed by atoms with Crippen molar-refractivity contribution in [3.05, 3.63) is 40.4 Å². The van der Waals surface area contributed by atoms with Gasteiger partial charge in [-0.25, -0.2) is 4.98 Å². The number of nitrogens with one attached hydrogen (secondary N) is 1. The lowest BCUT2D eigenvalue weighted by atomic mass is 9.95. The van der Waals surface area contributed by atoms with Crippen molar-refractivity contribution in [1.82, 2.24) is 10.3 Å². The summed E-state index contributed by atoms with van der Waals surface area (Å²) in [7, 11) is 0. The molecular formula is C20H23F3N2OS. The van der Waals surface area contributed by atoms with Crippen LogP contribution >= 0.6 is 11.3 Å². The number of carbonyl (C=O) groups is 1. The molecule has 3 nitrogen and oxygen atoms in total. The van der Waals surface area contributed by atoms with Gasteiger partial charge in [-0.3, -0.25) is 4.79 Å². The summed E-state index contributed by atoms with van der Waals surface area (Å²) in [6, 6.07) is 5.33. The first-order chi connectivity index (χ1) is 12.8. The first-order valence-corrected chi connectivity index (χ1v) is 10.0. The van der Waals surface area contributed by atoms with Crippen LogP contribution in [0.4, 0.5) is 13.2 Å². The molecule has 1 fully saturated rings.